The molecule has 1 aromatic carbocycles. The zero-order valence-electron chi connectivity index (χ0n) is 11.4. The molecule has 1 aliphatic carbocycles. The van der Waals surface area contributed by atoms with Crippen molar-refractivity contribution in [1.82, 2.24) is 4.90 Å². The van der Waals surface area contributed by atoms with E-state index in [1.807, 2.05) is 0 Å². The minimum atomic E-state index is 0.444. The molecule has 19 heavy (non-hydrogen) atoms. The summed E-state index contributed by atoms with van der Waals surface area (Å²) in [6.07, 6.45) is 5.59. The van der Waals surface area contributed by atoms with Gasteiger partial charge in [-0.25, -0.2) is 0 Å². The molecule has 1 atom stereocenters. The number of ether oxygens (including phenoxy) is 1. The Morgan fingerprint density at radius 2 is 2.26 bits per heavy atom. The Morgan fingerprint density at radius 3 is 3.00 bits per heavy atom. The van der Waals surface area contributed by atoms with E-state index >= 15 is 0 Å². The van der Waals surface area contributed by atoms with Crippen LogP contribution in [-0.2, 0) is 16.7 Å². The van der Waals surface area contributed by atoms with Gasteiger partial charge in [-0.05, 0) is 48.9 Å². The molecule has 2 N–H and O–H groups in total. The largest absolute Gasteiger partial charge is 0.399 e. The maximum atomic E-state index is 5.96. The van der Waals surface area contributed by atoms with E-state index in [-0.39, 0.29) is 0 Å². The van der Waals surface area contributed by atoms with Gasteiger partial charge in [0.2, 0.25) is 0 Å². The van der Waals surface area contributed by atoms with Crippen LogP contribution in [0.4, 0.5) is 5.69 Å². The molecule has 1 unspecified atom stereocenters. The number of nitrogen functional groups attached to an aromatic ring is 1. The molecule has 2 heterocycles. The summed E-state index contributed by atoms with van der Waals surface area (Å²) in [6, 6.07) is 6.51. The average molecular weight is 258 g/mol. The summed E-state index contributed by atoms with van der Waals surface area (Å²) in [6.45, 7) is 4.30. The smallest absolute Gasteiger partial charge is 0.0702 e. The second kappa shape index (κ2) is 4.22. The Labute approximate surface area is 114 Å². The number of anilines is 1. The summed E-state index contributed by atoms with van der Waals surface area (Å²) in [5.41, 5.74) is 10.3. The normalized spacial score (nSPS) is 28.5. The van der Waals surface area contributed by atoms with Gasteiger partial charge in [0.25, 0.3) is 0 Å². The maximum absolute atomic E-state index is 5.96. The minimum Gasteiger partial charge on any atom is -0.399 e. The lowest BCUT2D eigenvalue weighted by atomic mass is 9.86. The molecule has 1 saturated heterocycles. The first kappa shape index (κ1) is 11.7. The Hall–Kier alpha value is -1.06. The molecule has 3 heteroatoms. The molecule has 2 aliphatic heterocycles. The highest BCUT2D eigenvalue weighted by Crippen LogP contribution is 2.52. The first-order valence-electron chi connectivity index (χ1n) is 7.48. The van der Waals surface area contributed by atoms with Crippen molar-refractivity contribution >= 4 is 5.69 Å². The van der Waals surface area contributed by atoms with Crippen LogP contribution in [0.1, 0.15) is 36.8 Å². The van der Waals surface area contributed by atoms with Gasteiger partial charge in [0, 0.05) is 37.3 Å². The van der Waals surface area contributed by atoms with Gasteiger partial charge in [-0.2, -0.15) is 0 Å². The van der Waals surface area contributed by atoms with Crippen LogP contribution in [0.5, 0.6) is 0 Å². The number of rotatable bonds is 2. The third kappa shape index (κ3) is 2.05. The van der Waals surface area contributed by atoms with E-state index in [9.17, 15) is 0 Å². The van der Waals surface area contributed by atoms with E-state index in [2.05, 4.69) is 23.1 Å². The van der Waals surface area contributed by atoms with Gasteiger partial charge in [0.15, 0.2) is 0 Å². The van der Waals surface area contributed by atoms with Crippen LogP contribution < -0.4 is 5.73 Å². The van der Waals surface area contributed by atoms with Crippen LogP contribution in [0.25, 0.3) is 0 Å². The number of hydrogen-bond acceptors (Lipinski definition) is 3. The molecule has 1 saturated carbocycles. The average Bonchev–Trinajstić information content (AvgIpc) is 2.95. The molecule has 2 fully saturated rings. The molecule has 1 aromatic rings. The van der Waals surface area contributed by atoms with Gasteiger partial charge in [-0.1, -0.05) is 6.07 Å². The number of fused-ring (bicyclic) bond motifs is 2. The van der Waals surface area contributed by atoms with Crippen LogP contribution in [-0.4, -0.2) is 30.7 Å². The lowest BCUT2D eigenvalue weighted by Crippen LogP contribution is -2.41. The fourth-order valence-electron chi connectivity index (χ4n) is 3.86. The molecular weight excluding hydrogens is 236 g/mol. The third-order valence-electron chi connectivity index (χ3n) is 4.96. The highest BCUT2D eigenvalue weighted by molar-refractivity contribution is 5.50. The second-order valence-corrected chi connectivity index (χ2v) is 6.50. The SMILES string of the molecule is Nc1ccc2c(c1)CN(CC1CCCO1)CC21CC1. The van der Waals surface area contributed by atoms with Crippen LogP contribution in [0.2, 0.25) is 0 Å². The molecule has 0 amide bonds. The number of benzene rings is 1. The topological polar surface area (TPSA) is 38.5 Å². The fraction of sp³-hybridized carbons (Fsp3) is 0.625. The molecule has 0 bridgehead atoms. The summed E-state index contributed by atoms with van der Waals surface area (Å²) in [7, 11) is 0. The van der Waals surface area contributed by atoms with E-state index in [0.29, 0.717) is 11.5 Å². The van der Waals surface area contributed by atoms with E-state index in [0.717, 1.165) is 25.4 Å². The molecule has 3 nitrogen and oxygen atoms in total. The van der Waals surface area contributed by atoms with Gasteiger partial charge in [-0.3, -0.25) is 4.90 Å². The highest BCUT2D eigenvalue weighted by atomic mass is 16.5. The van der Waals surface area contributed by atoms with Gasteiger partial charge in [-0.15, -0.1) is 0 Å². The lowest BCUT2D eigenvalue weighted by molar-refractivity contribution is 0.0638. The number of nitrogens with zero attached hydrogens (tertiary/aromatic N) is 1. The molecule has 1 spiro atoms. The van der Waals surface area contributed by atoms with Crippen molar-refractivity contribution in [3.8, 4) is 0 Å². The van der Waals surface area contributed by atoms with Crippen molar-refractivity contribution in [1.29, 1.82) is 0 Å². The minimum absolute atomic E-state index is 0.444. The van der Waals surface area contributed by atoms with Crippen molar-refractivity contribution in [2.24, 2.45) is 0 Å². The Kier molecular flexibility index (Phi) is 2.61. The summed E-state index contributed by atoms with van der Waals surface area (Å²) in [4.78, 5) is 2.59. The van der Waals surface area contributed by atoms with E-state index in [1.54, 1.807) is 5.56 Å². The Bertz CT molecular complexity index is 490. The van der Waals surface area contributed by atoms with Crippen molar-refractivity contribution in [3.05, 3.63) is 29.3 Å². The molecule has 4 rings (SSSR count). The van der Waals surface area contributed by atoms with E-state index in [4.69, 9.17) is 10.5 Å². The van der Waals surface area contributed by atoms with Crippen molar-refractivity contribution in [3.63, 3.8) is 0 Å². The van der Waals surface area contributed by atoms with Gasteiger partial charge in [0.1, 0.15) is 0 Å². The predicted molar refractivity (Wildman–Crippen MR) is 76.0 cm³/mol. The second-order valence-electron chi connectivity index (χ2n) is 6.50. The van der Waals surface area contributed by atoms with Gasteiger partial charge < -0.3 is 10.5 Å². The maximum Gasteiger partial charge on any atom is 0.0702 e. The number of hydrogen-bond donors (Lipinski definition) is 1. The molecular formula is C16H22N2O. The molecule has 0 radical (unpaired) electrons. The van der Waals surface area contributed by atoms with E-state index < -0.39 is 0 Å². The summed E-state index contributed by atoms with van der Waals surface area (Å²) in [5.74, 6) is 0. The van der Waals surface area contributed by atoms with Gasteiger partial charge in [0.05, 0.1) is 6.10 Å². The number of nitrogens with two attached hydrogens (primary N) is 1. The van der Waals surface area contributed by atoms with Crippen molar-refractivity contribution in [2.75, 3.05) is 25.4 Å². The van der Waals surface area contributed by atoms with E-state index in [1.165, 1.54) is 37.8 Å². The van der Waals surface area contributed by atoms with Crippen LogP contribution >= 0.6 is 0 Å². The summed E-state index contributed by atoms with van der Waals surface area (Å²) in [5, 5.41) is 0. The van der Waals surface area contributed by atoms with Crippen LogP contribution in [0.3, 0.4) is 0 Å². The first-order chi connectivity index (χ1) is 9.25. The zero-order valence-corrected chi connectivity index (χ0v) is 11.4. The molecule has 3 aliphatic rings. The standard InChI is InChI=1S/C16H22N2O/c17-13-3-4-15-12(8-13)9-18(11-16(15)5-6-16)10-14-2-1-7-19-14/h3-4,8,14H,1-2,5-7,9-11,17H2. The zero-order chi connectivity index (χ0) is 12.9. The summed E-state index contributed by atoms with van der Waals surface area (Å²) >= 11 is 0. The third-order valence-corrected chi connectivity index (χ3v) is 4.96. The fourth-order valence-corrected chi connectivity index (χ4v) is 3.86. The Balaban J connectivity index is 1.58. The molecule has 0 aromatic heterocycles. The highest BCUT2D eigenvalue weighted by Gasteiger charge is 2.49. The first-order valence-corrected chi connectivity index (χ1v) is 7.48. The van der Waals surface area contributed by atoms with Crippen molar-refractivity contribution < 1.29 is 4.74 Å². The Morgan fingerprint density at radius 1 is 1.37 bits per heavy atom. The quantitative estimate of drug-likeness (QED) is 0.827. The van der Waals surface area contributed by atoms with Crippen LogP contribution in [0.15, 0.2) is 18.2 Å². The van der Waals surface area contributed by atoms with Crippen molar-refractivity contribution in [2.45, 2.75) is 43.7 Å². The van der Waals surface area contributed by atoms with Gasteiger partial charge >= 0.3 is 0 Å². The predicted octanol–water partition coefficient (Wildman–Crippen LogP) is 2.29. The molecule has 102 valence electrons. The van der Waals surface area contributed by atoms with Crippen LogP contribution in [0, 0.1) is 0 Å². The lowest BCUT2D eigenvalue weighted by Gasteiger charge is -2.36. The summed E-state index contributed by atoms with van der Waals surface area (Å²) < 4.78 is 5.79. The monoisotopic (exact) mass is 258 g/mol.